The van der Waals surface area contributed by atoms with Crippen molar-refractivity contribution in [1.82, 2.24) is 0 Å². The molecule has 3 aliphatic rings. The zero-order chi connectivity index (χ0) is 18.0. The predicted octanol–water partition coefficient (Wildman–Crippen LogP) is 3.66. The van der Waals surface area contributed by atoms with E-state index in [1.54, 1.807) is 0 Å². The van der Waals surface area contributed by atoms with Crippen LogP contribution in [0.2, 0.25) is 0 Å². The number of hydrogen-bond donors (Lipinski definition) is 0. The summed E-state index contributed by atoms with van der Waals surface area (Å²) in [5.41, 5.74) is 1.65. The summed E-state index contributed by atoms with van der Waals surface area (Å²) in [7, 11) is 0. The number of carbonyl (C=O) groups is 1. The average Bonchev–Trinajstić information content (AvgIpc) is 3.36. The van der Waals surface area contributed by atoms with Gasteiger partial charge in [-0.05, 0) is 25.7 Å². The molecule has 0 spiro atoms. The van der Waals surface area contributed by atoms with Gasteiger partial charge in [0.2, 0.25) is 0 Å². The molecule has 0 N–H and O–H groups in total. The van der Waals surface area contributed by atoms with Crippen LogP contribution in [0.1, 0.15) is 54.9 Å². The first-order chi connectivity index (χ1) is 12.7. The van der Waals surface area contributed by atoms with Crippen LogP contribution in [-0.2, 0) is 24.7 Å². The van der Waals surface area contributed by atoms with E-state index in [0.29, 0.717) is 37.9 Å². The topological polar surface area (TPSA) is 54.0 Å². The van der Waals surface area contributed by atoms with Crippen molar-refractivity contribution in [2.75, 3.05) is 26.4 Å². The quantitative estimate of drug-likeness (QED) is 0.750. The minimum absolute atomic E-state index is 0.133. The van der Waals surface area contributed by atoms with Gasteiger partial charge in [0.25, 0.3) is 0 Å². The second-order valence-corrected chi connectivity index (χ2v) is 7.62. The maximum absolute atomic E-state index is 13.3. The lowest BCUT2D eigenvalue weighted by Crippen LogP contribution is -2.36. The SMILES string of the molecule is CC1(c2ccc(C(=O)C(C3CCCCC3)C3OCCO3)cc2)OCCO1. The van der Waals surface area contributed by atoms with Gasteiger partial charge in [0, 0.05) is 11.1 Å². The fourth-order valence-electron chi connectivity index (χ4n) is 4.45. The highest BCUT2D eigenvalue weighted by Gasteiger charge is 2.40. The molecule has 1 aliphatic carbocycles. The van der Waals surface area contributed by atoms with Crippen LogP contribution in [0.15, 0.2) is 24.3 Å². The minimum Gasteiger partial charge on any atom is -0.349 e. The highest BCUT2D eigenvalue weighted by atomic mass is 16.7. The number of ether oxygens (including phenoxy) is 4. The van der Waals surface area contributed by atoms with Crippen molar-refractivity contribution < 1.29 is 23.7 Å². The van der Waals surface area contributed by atoms with Crippen molar-refractivity contribution in [3.05, 3.63) is 35.4 Å². The molecule has 1 atom stereocenters. The van der Waals surface area contributed by atoms with Crippen molar-refractivity contribution >= 4 is 5.78 Å². The van der Waals surface area contributed by atoms with Gasteiger partial charge in [0.1, 0.15) is 0 Å². The molecule has 0 amide bonds. The van der Waals surface area contributed by atoms with Crippen LogP contribution in [-0.4, -0.2) is 38.5 Å². The van der Waals surface area contributed by atoms with Gasteiger partial charge in [-0.25, -0.2) is 0 Å². The molecule has 4 rings (SSSR count). The van der Waals surface area contributed by atoms with Crippen LogP contribution in [0.25, 0.3) is 0 Å². The van der Waals surface area contributed by atoms with Crippen LogP contribution in [0.4, 0.5) is 0 Å². The Morgan fingerprint density at radius 3 is 2.19 bits per heavy atom. The monoisotopic (exact) mass is 360 g/mol. The van der Waals surface area contributed by atoms with Crippen LogP contribution in [0.5, 0.6) is 0 Å². The average molecular weight is 360 g/mol. The van der Waals surface area contributed by atoms with Crippen LogP contribution >= 0.6 is 0 Å². The molecule has 1 unspecified atom stereocenters. The van der Waals surface area contributed by atoms with Crippen LogP contribution in [0, 0.1) is 11.8 Å². The Morgan fingerprint density at radius 2 is 1.58 bits per heavy atom. The normalized spacial score (nSPS) is 25.4. The summed E-state index contributed by atoms with van der Waals surface area (Å²) in [6.45, 7) is 4.26. The number of benzene rings is 1. The molecule has 5 nitrogen and oxygen atoms in total. The number of carbonyl (C=O) groups excluding carboxylic acids is 1. The van der Waals surface area contributed by atoms with E-state index in [2.05, 4.69) is 0 Å². The maximum atomic E-state index is 13.3. The Kier molecular flexibility index (Phi) is 5.41. The molecule has 2 heterocycles. The zero-order valence-corrected chi connectivity index (χ0v) is 15.4. The van der Waals surface area contributed by atoms with Gasteiger partial charge in [-0.1, -0.05) is 43.5 Å². The Labute approximate surface area is 155 Å². The van der Waals surface area contributed by atoms with E-state index in [-0.39, 0.29) is 11.7 Å². The first kappa shape index (κ1) is 18.1. The number of rotatable bonds is 5. The first-order valence-corrected chi connectivity index (χ1v) is 9.83. The van der Waals surface area contributed by atoms with Gasteiger partial charge in [0.15, 0.2) is 17.9 Å². The van der Waals surface area contributed by atoms with E-state index in [1.165, 1.54) is 19.3 Å². The lowest BCUT2D eigenvalue weighted by Gasteiger charge is -2.32. The summed E-state index contributed by atoms with van der Waals surface area (Å²) in [6.07, 6.45) is 5.40. The second-order valence-electron chi connectivity index (χ2n) is 7.62. The summed E-state index contributed by atoms with van der Waals surface area (Å²) >= 11 is 0. The predicted molar refractivity (Wildman–Crippen MR) is 95.8 cm³/mol. The van der Waals surface area contributed by atoms with E-state index < -0.39 is 12.1 Å². The van der Waals surface area contributed by atoms with Crippen molar-refractivity contribution in [1.29, 1.82) is 0 Å². The highest BCUT2D eigenvalue weighted by Crippen LogP contribution is 2.37. The minimum atomic E-state index is -0.706. The number of Topliss-reactive ketones (excluding diaryl/α,β-unsaturated/α-hetero) is 1. The van der Waals surface area contributed by atoms with E-state index in [9.17, 15) is 4.79 Å². The first-order valence-electron chi connectivity index (χ1n) is 9.83. The Hall–Kier alpha value is -1.27. The molecular formula is C21H28O5. The smallest absolute Gasteiger partial charge is 0.192 e. The van der Waals surface area contributed by atoms with Gasteiger partial charge in [-0.3, -0.25) is 4.79 Å². The fraction of sp³-hybridized carbons (Fsp3) is 0.667. The second kappa shape index (κ2) is 7.77. The zero-order valence-electron chi connectivity index (χ0n) is 15.4. The Morgan fingerprint density at radius 1 is 0.962 bits per heavy atom. The van der Waals surface area contributed by atoms with Gasteiger partial charge < -0.3 is 18.9 Å². The van der Waals surface area contributed by atoms with E-state index >= 15 is 0 Å². The largest absolute Gasteiger partial charge is 0.349 e. The summed E-state index contributed by atoms with van der Waals surface area (Å²) in [5, 5.41) is 0. The van der Waals surface area contributed by atoms with Crippen LogP contribution in [0.3, 0.4) is 0 Å². The number of hydrogen-bond acceptors (Lipinski definition) is 5. The third-order valence-corrected chi connectivity index (χ3v) is 5.93. The van der Waals surface area contributed by atoms with Crippen molar-refractivity contribution in [3.63, 3.8) is 0 Å². The van der Waals surface area contributed by atoms with Gasteiger partial charge in [-0.15, -0.1) is 0 Å². The third kappa shape index (κ3) is 3.58. The van der Waals surface area contributed by atoms with E-state index in [1.807, 2.05) is 31.2 Å². The molecule has 2 aliphatic heterocycles. The molecule has 0 aromatic heterocycles. The summed E-state index contributed by atoms with van der Waals surface area (Å²) in [4.78, 5) is 13.3. The van der Waals surface area contributed by atoms with Crippen molar-refractivity contribution in [2.24, 2.45) is 11.8 Å². The Balaban J connectivity index is 1.54. The fourth-order valence-corrected chi connectivity index (χ4v) is 4.45. The third-order valence-electron chi connectivity index (χ3n) is 5.93. The van der Waals surface area contributed by atoms with Crippen molar-refractivity contribution in [2.45, 2.75) is 51.1 Å². The molecule has 26 heavy (non-hydrogen) atoms. The molecule has 1 aromatic rings. The lowest BCUT2D eigenvalue weighted by molar-refractivity contribution is -0.149. The molecule has 1 aromatic carbocycles. The maximum Gasteiger partial charge on any atom is 0.192 e. The molecule has 5 heteroatoms. The van der Waals surface area contributed by atoms with E-state index in [0.717, 1.165) is 18.4 Å². The molecule has 3 fully saturated rings. The molecular weight excluding hydrogens is 332 g/mol. The van der Waals surface area contributed by atoms with Crippen molar-refractivity contribution in [3.8, 4) is 0 Å². The standard InChI is InChI=1S/C21H28O5/c1-21(25-13-14-26-21)17-9-7-16(8-10-17)19(22)18(20-23-11-12-24-20)15-5-3-2-4-6-15/h7-10,15,18,20H,2-6,11-14H2,1H3. The highest BCUT2D eigenvalue weighted by molar-refractivity contribution is 5.98. The molecule has 0 bridgehead atoms. The molecule has 1 saturated carbocycles. The summed E-state index contributed by atoms with van der Waals surface area (Å²) in [6, 6.07) is 7.65. The van der Waals surface area contributed by atoms with Gasteiger partial charge in [0.05, 0.1) is 32.3 Å². The van der Waals surface area contributed by atoms with Gasteiger partial charge >= 0.3 is 0 Å². The van der Waals surface area contributed by atoms with Gasteiger partial charge in [-0.2, -0.15) is 0 Å². The Bertz CT molecular complexity index is 608. The van der Waals surface area contributed by atoms with Crippen LogP contribution < -0.4 is 0 Å². The number of ketones is 1. The lowest BCUT2D eigenvalue weighted by atomic mass is 9.76. The van der Waals surface area contributed by atoms with E-state index in [4.69, 9.17) is 18.9 Å². The molecule has 2 saturated heterocycles. The summed E-state index contributed by atoms with van der Waals surface area (Å²) < 4.78 is 22.9. The molecule has 0 radical (unpaired) electrons. The molecule has 142 valence electrons. The summed E-state index contributed by atoms with van der Waals surface area (Å²) in [5.74, 6) is -0.438.